The summed E-state index contributed by atoms with van der Waals surface area (Å²) in [5, 5.41) is 3.85. The monoisotopic (exact) mass is 354 g/mol. The molecule has 0 aliphatic rings. The van der Waals surface area contributed by atoms with Crippen molar-refractivity contribution in [3.8, 4) is 5.75 Å². The summed E-state index contributed by atoms with van der Waals surface area (Å²) in [4.78, 5) is 0. The van der Waals surface area contributed by atoms with E-state index < -0.39 is 0 Å². The Morgan fingerprint density at radius 2 is 1.70 bits per heavy atom. The van der Waals surface area contributed by atoms with Gasteiger partial charge in [-0.1, -0.05) is 65.6 Å². The van der Waals surface area contributed by atoms with Gasteiger partial charge in [-0.25, -0.2) is 0 Å². The lowest BCUT2D eigenvalue weighted by Gasteiger charge is -2.29. The number of hydrogen-bond donors (Lipinski definition) is 0. The van der Waals surface area contributed by atoms with Crippen LogP contribution in [0.25, 0.3) is 10.8 Å². The smallest absolute Gasteiger partial charge is 0.127 e. The van der Waals surface area contributed by atoms with Crippen molar-refractivity contribution in [2.45, 2.75) is 26.7 Å². The van der Waals surface area contributed by atoms with Gasteiger partial charge in [0.2, 0.25) is 0 Å². The number of halogens is 2. The summed E-state index contributed by atoms with van der Waals surface area (Å²) in [5.74, 6) is 0.914. The largest absolute Gasteiger partial charge is 0.492 e. The molecule has 0 amide bonds. The van der Waals surface area contributed by atoms with Gasteiger partial charge in [-0.15, -0.1) is 0 Å². The third-order valence-corrected chi connectivity index (χ3v) is 5.67. The minimum absolute atomic E-state index is 0.195. The highest BCUT2D eigenvalue weighted by molar-refractivity contribution is 9.09. The molecule has 0 saturated carbocycles. The number of fused-ring (bicyclic) bond motifs is 1. The fourth-order valence-corrected chi connectivity index (χ4v) is 3.46. The first-order valence-electron chi connectivity index (χ1n) is 7.02. The molecule has 3 heteroatoms. The normalized spacial score (nSPS) is 11.8. The van der Waals surface area contributed by atoms with Crippen molar-refractivity contribution >= 4 is 38.3 Å². The van der Waals surface area contributed by atoms with Gasteiger partial charge < -0.3 is 4.74 Å². The molecule has 0 aliphatic heterocycles. The number of alkyl halides is 1. The molecule has 0 aliphatic carbocycles. The maximum Gasteiger partial charge on any atom is 0.127 e. The standard InChI is InChI=1S/C17H20BrClO/c1-3-17(4-2,11-18)12-20-16-10-9-15(19)13-7-5-6-8-14(13)16/h5-10H,3-4,11-12H2,1-2H3. The number of benzene rings is 2. The lowest BCUT2D eigenvalue weighted by Crippen LogP contribution is -2.29. The molecule has 0 N–H and O–H groups in total. The van der Waals surface area contributed by atoms with Crippen LogP contribution in [0.1, 0.15) is 26.7 Å². The first-order chi connectivity index (χ1) is 9.65. The second kappa shape index (κ2) is 6.82. The Morgan fingerprint density at radius 1 is 1.05 bits per heavy atom. The van der Waals surface area contributed by atoms with Gasteiger partial charge in [0.25, 0.3) is 0 Å². The van der Waals surface area contributed by atoms with Gasteiger partial charge >= 0.3 is 0 Å². The zero-order chi connectivity index (χ0) is 14.6. The van der Waals surface area contributed by atoms with E-state index in [0.29, 0.717) is 0 Å². The van der Waals surface area contributed by atoms with Crippen molar-refractivity contribution in [2.24, 2.45) is 5.41 Å². The van der Waals surface area contributed by atoms with Gasteiger partial charge in [0.1, 0.15) is 5.75 Å². The molecule has 1 nitrogen and oxygen atoms in total. The van der Waals surface area contributed by atoms with Crippen molar-refractivity contribution in [1.29, 1.82) is 0 Å². The van der Waals surface area contributed by atoms with E-state index in [2.05, 4.69) is 35.8 Å². The van der Waals surface area contributed by atoms with Gasteiger partial charge in [0, 0.05) is 26.5 Å². The summed E-state index contributed by atoms with van der Waals surface area (Å²) >= 11 is 9.87. The second-order valence-electron chi connectivity index (χ2n) is 5.22. The van der Waals surface area contributed by atoms with E-state index in [1.165, 1.54) is 0 Å². The van der Waals surface area contributed by atoms with Crippen LogP contribution in [0.3, 0.4) is 0 Å². The second-order valence-corrected chi connectivity index (χ2v) is 6.19. The molecule has 2 aromatic carbocycles. The lowest BCUT2D eigenvalue weighted by molar-refractivity contribution is 0.159. The molecular weight excluding hydrogens is 336 g/mol. The van der Waals surface area contributed by atoms with Crippen molar-refractivity contribution in [2.75, 3.05) is 11.9 Å². The Hall–Kier alpha value is -0.730. The highest BCUT2D eigenvalue weighted by atomic mass is 79.9. The molecule has 0 spiro atoms. The van der Waals surface area contributed by atoms with Gasteiger partial charge in [-0.3, -0.25) is 0 Å². The van der Waals surface area contributed by atoms with Crippen molar-refractivity contribution < 1.29 is 4.74 Å². The van der Waals surface area contributed by atoms with Crippen LogP contribution in [0.4, 0.5) is 0 Å². The molecular formula is C17H20BrClO. The number of rotatable bonds is 6. The van der Waals surface area contributed by atoms with E-state index in [-0.39, 0.29) is 5.41 Å². The molecule has 2 rings (SSSR count). The van der Waals surface area contributed by atoms with Gasteiger partial charge in [-0.2, -0.15) is 0 Å². The third kappa shape index (κ3) is 3.12. The fourth-order valence-electron chi connectivity index (χ4n) is 2.27. The minimum Gasteiger partial charge on any atom is -0.492 e. The molecule has 0 saturated heterocycles. The van der Waals surface area contributed by atoms with E-state index in [9.17, 15) is 0 Å². The van der Waals surface area contributed by atoms with Crippen molar-refractivity contribution in [3.63, 3.8) is 0 Å². The number of hydrogen-bond acceptors (Lipinski definition) is 1. The molecule has 0 heterocycles. The Kier molecular flexibility index (Phi) is 5.34. The SMILES string of the molecule is CCC(CC)(CBr)COc1ccc(Cl)c2ccccc12. The highest BCUT2D eigenvalue weighted by Crippen LogP contribution is 2.34. The average Bonchev–Trinajstić information content (AvgIpc) is 2.51. The van der Waals surface area contributed by atoms with Crippen LogP contribution in [0.15, 0.2) is 36.4 Å². The zero-order valence-electron chi connectivity index (χ0n) is 12.0. The molecule has 0 fully saturated rings. The van der Waals surface area contributed by atoms with Crippen molar-refractivity contribution in [3.05, 3.63) is 41.4 Å². The Labute approximate surface area is 134 Å². The van der Waals surface area contributed by atoms with Crippen LogP contribution in [-0.4, -0.2) is 11.9 Å². The quantitative estimate of drug-likeness (QED) is 0.571. The molecule has 0 bridgehead atoms. The summed E-state index contributed by atoms with van der Waals surface area (Å²) < 4.78 is 6.12. The van der Waals surface area contributed by atoms with Crippen LogP contribution in [0.2, 0.25) is 5.02 Å². The molecule has 0 aromatic heterocycles. The summed E-state index contributed by atoms with van der Waals surface area (Å²) in [6, 6.07) is 12.0. The zero-order valence-corrected chi connectivity index (χ0v) is 14.3. The molecule has 0 unspecified atom stereocenters. The molecule has 20 heavy (non-hydrogen) atoms. The van der Waals surface area contributed by atoms with Crippen LogP contribution in [0, 0.1) is 5.41 Å². The van der Waals surface area contributed by atoms with E-state index in [1.807, 2.05) is 30.3 Å². The van der Waals surface area contributed by atoms with Crippen LogP contribution < -0.4 is 4.74 Å². The lowest BCUT2D eigenvalue weighted by atomic mass is 9.86. The third-order valence-electron chi connectivity index (χ3n) is 4.15. The summed E-state index contributed by atoms with van der Waals surface area (Å²) in [5.41, 5.74) is 0.195. The Morgan fingerprint density at radius 3 is 2.30 bits per heavy atom. The topological polar surface area (TPSA) is 9.23 Å². The summed E-state index contributed by atoms with van der Waals surface area (Å²) in [6.07, 6.45) is 2.19. The fraction of sp³-hybridized carbons (Fsp3) is 0.412. The minimum atomic E-state index is 0.195. The predicted molar refractivity (Wildman–Crippen MR) is 91.3 cm³/mol. The van der Waals surface area contributed by atoms with Gasteiger partial charge in [0.05, 0.1) is 6.61 Å². The summed E-state index contributed by atoms with van der Waals surface area (Å²) in [7, 11) is 0. The van der Waals surface area contributed by atoms with Gasteiger partial charge in [0.15, 0.2) is 0 Å². The van der Waals surface area contributed by atoms with E-state index in [4.69, 9.17) is 16.3 Å². The van der Waals surface area contributed by atoms with Crippen LogP contribution in [0.5, 0.6) is 5.75 Å². The van der Waals surface area contributed by atoms with Crippen molar-refractivity contribution in [1.82, 2.24) is 0 Å². The van der Waals surface area contributed by atoms with Crippen LogP contribution >= 0.6 is 27.5 Å². The Balaban J connectivity index is 2.29. The molecule has 0 radical (unpaired) electrons. The highest BCUT2D eigenvalue weighted by Gasteiger charge is 2.26. The first-order valence-corrected chi connectivity index (χ1v) is 8.51. The van der Waals surface area contributed by atoms with E-state index in [0.717, 1.165) is 46.3 Å². The molecule has 108 valence electrons. The molecule has 2 aromatic rings. The first kappa shape index (κ1) is 15.7. The summed E-state index contributed by atoms with van der Waals surface area (Å²) in [6.45, 7) is 5.15. The predicted octanol–water partition coefficient (Wildman–Crippen LogP) is 6.07. The average molecular weight is 356 g/mol. The Bertz CT molecular complexity index is 570. The van der Waals surface area contributed by atoms with Crippen LogP contribution in [-0.2, 0) is 0 Å². The molecule has 0 atom stereocenters. The maximum atomic E-state index is 6.24. The van der Waals surface area contributed by atoms with E-state index in [1.54, 1.807) is 0 Å². The van der Waals surface area contributed by atoms with E-state index >= 15 is 0 Å². The maximum absolute atomic E-state index is 6.24. The number of ether oxygens (including phenoxy) is 1. The van der Waals surface area contributed by atoms with Gasteiger partial charge in [-0.05, 0) is 25.0 Å².